The van der Waals surface area contributed by atoms with E-state index in [9.17, 15) is 5.11 Å². The van der Waals surface area contributed by atoms with Gasteiger partial charge in [-0.25, -0.2) is 0 Å². The molecule has 0 heterocycles. The SMILES string of the molecule is COc1ccc(C)cc1NC(C)c1cccc(O)c1. The van der Waals surface area contributed by atoms with E-state index in [2.05, 4.69) is 18.3 Å². The highest BCUT2D eigenvalue weighted by atomic mass is 16.5. The van der Waals surface area contributed by atoms with E-state index >= 15 is 0 Å². The zero-order chi connectivity index (χ0) is 13.8. The number of aryl methyl sites for hydroxylation is 1. The van der Waals surface area contributed by atoms with Gasteiger partial charge >= 0.3 is 0 Å². The summed E-state index contributed by atoms with van der Waals surface area (Å²) in [6, 6.07) is 13.4. The van der Waals surface area contributed by atoms with E-state index in [1.54, 1.807) is 19.2 Å². The first-order valence-corrected chi connectivity index (χ1v) is 6.30. The van der Waals surface area contributed by atoms with Crippen LogP contribution in [-0.2, 0) is 0 Å². The first-order valence-electron chi connectivity index (χ1n) is 6.30. The van der Waals surface area contributed by atoms with Crippen molar-refractivity contribution < 1.29 is 9.84 Å². The lowest BCUT2D eigenvalue weighted by Crippen LogP contribution is -2.07. The quantitative estimate of drug-likeness (QED) is 0.873. The molecular formula is C16H19NO2. The number of hydrogen-bond donors (Lipinski definition) is 2. The number of phenols is 1. The third kappa shape index (κ3) is 3.19. The summed E-state index contributed by atoms with van der Waals surface area (Å²) in [5, 5.41) is 12.9. The Morgan fingerprint density at radius 1 is 1.16 bits per heavy atom. The molecule has 1 atom stereocenters. The molecule has 0 aliphatic rings. The molecule has 2 aromatic carbocycles. The summed E-state index contributed by atoms with van der Waals surface area (Å²) in [6.45, 7) is 4.10. The van der Waals surface area contributed by atoms with Crippen molar-refractivity contribution in [2.24, 2.45) is 0 Å². The Balaban J connectivity index is 2.23. The van der Waals surface area contributed by atoms with Crippen LogP contribution in [-0.4, -0.2) is 12.2 Å². The number of hydrogen-bond acceptors (Lipinski definition) is 3. The van der Waals surface area contributed by atoms with Gasteiger partial charge in [-0.05, 0) is 49.2 Å². The zero-order valence-corrected chi connectivity index (χ0v) is 11.5. The highest BCUT2D eigenvalue weighted by Crippen LogP contribution is 2.29. The van der Waals surface area contributed by atoms with Crippen molar-refractivity contribution in [1.82, 2.24) is 0 Å². The third-order valence-electron chi connectivity index (χ3n) is 3.10. The maximum atomic E-state index is 9.52. The topological polar surface area (TPSA) is 41.5 Å². The Bertz CT molecular complexity index is 566. The van der Waals surface area contributed by atoms with Crippen molar-refractivity contribution in [3.63, 3.8) is 0 Å². The molecule has 0 saturated carbocycles. The van der Waals surface area contributed by atoms with Gasteiger partial charge in [-0.2, -0.15) is 0 Å². The molecule has 0 bridgehead atoms. The minimum absolute atomic E-state index is 0.0859. The van der Waals surface area contributed by atoms with Crippen LogP contribution in [0.1, 0.15) is 24.1 Å². The summed E-state index contributed by atoms with van der Waals surface area (Å²) in [7, 11) is 1.66. The minimum atomic E-state index is 0.0859. The van der Waals surface area contributed by atoms with Crippen LogP contribution in [0.25, 0.3) is 0 Å². The van der Waals surface area contributed by atoms with Gasteiger partial charge < -0.3 is 15.2 Å². The molecule has 3 heteroatoms. The number of nitrogens with one attached hydrogen (secondary N) is 1. The van der Waals surface area contributed by atoms with Crippen molar-refractivity contribution in [1.29, 1.82) is 0 Å². The second-order valence-corrected chi connectivity index (χ2v) is 4.66. The highest BCUT2D eigenvalue weighted by Gasteiger charge is 2.09. The van der Waals surface area contributed by atoms with E-state index in [1.807, 2.05) is 31.2 Å². The summed E-state index contributed by atoms with van der Waals surface area (Å²) in [5.41, 5.74) is 3.16. The lowest BCUT2D eigenvalue weighted by molar-refractivity contribution is 0.416. The molecule has 0 amide bonds. The highest BCUT2D eigenvalue weighted by molar-refractivity contribution is 5.59. The molecule has 0 aliphatic heterocycles. The Labute approximate surface area is 113 Å². The molecule has 3 nitrogen and oxygen atoms in total. The Morgan fingerprint density at radius 3 is 2.63 bits per heavy atom. The average molecular weight is 257 g/mol. The number of methoxy groups -OCH3 is 1. The van der Waals surface area contributed by atoms with Crippen molar-refractivity contribution in [3.8, 4) is 11.5 Å². The second-order valence-electron chi connectivity index (χ2n) is 4.66. The Morgan fingerprint density at radius 2 is 1.95 bits per heavy atom. The van der Waals surface area contributed by atoms with E-state index in [-0.39, 0.29) is 11.8 Å². The van der Waals surface area contributed by atoms with Crippen molar-refractivity contribution in [2.75, 3.05) is 12.4 Å². The maximum absolute atomic E-state index is 9.52. The Hall–Kier alpha value is -2.16. The number of phenolic OH excluding ortho intramolecular Hbond substituents is 1. The fourth-order valence-electron chi connectivity index (χ4n) is 2.05. The van der Waals surface area contributed by atoms with Gasteiger partial charge in [0.2, 0.25) is 0 Å². The largest absolute Gasteiger partial charge is 0.508 e. The van der Waals surface area contributed by atoms with Gasteiger partial charge in [-0.3, -0.25) is 0 Å². The third-order valence-corrected chi connectivity index (χ3v) is 3.10. The number of anilines is 1. The van der Waals surface area contributed by atoms with Gasteiger partial charge in [-0.15, -0.1) is 0 Å². The van der Waals surface area contributed by atoms with Crippen LogP contribution in [0.15, 0.2) is 42.5 Å². The van der Waals surface area contributed by atoms with E-state index in [4.69, 9.17) is 4.74 Å². The second kappa shape index (κ2) is 5.65. The molecule has 1 unspecified atom stereocenters. The van der Waals surface area contributed by atoms with Gasteiger partial charge in [0.15, 0.2) is 0 Å². The molecule has 0 fully saturated rings. The van der Waals surface area contributed by atoms with Crippen molar-refractivity contribution in [3.05, 3.63) is 53.6 Å². The number of ether oxygens (including phenoxy) is 1. The lowest BCUT2D eigenvalue weighted by atomic mass is 10.1. The summed E-state index contributed by atoms with van der Waals surface area (Å²) < 4.78 is 5.35. The van der Waals surface area contributed by atoms with Crippen molar-refractivity contribution >= 4 is 5.69 Å². The maximum Gasteiger partial charge on any atom is 0.141 e. The van der Waals surface area contributed by atoms with Crippen molar-refractivity contribution in [2.45, 2.75) is 19.9 Å². The molecule has 19 heavy (non-hydrogen) atoms. The van der Waals surface area contributed by atoms with Gasteiger partial charge in [0, 0.05) is 6.04 Å². The average Bonchev–Trinajstić information content (AvgIpc) is 2.39. The monoisotopic (exact) mass is 257 g/mol. The molecular weight excluding hydrogens is 238 g/mol. The number of rotatable bonds is 4. The molecule has 0 aliphatic carbocycles. The van der Waals surface area contributed by atoms with E-state index in [0.717, 1.165) is 17.0 Å². The normalized spacial score (nSPS) is 11.9. The predicted molar refractivity (Wildman–Crippen MR) is 77.9 cm³/mol. The summed E-state index contributed by atoms with van der Waals surface area (Å²) in [6.07, 6.45) is 0. The van der Waals surface area contributed by atoms with Crippen LogP contribution < -0.4 is 10.1 Å². The fraction of sp³-hybridized carbons (Fsp3) is 0.250. The molecule has 0 aromatic heterocycles. The molecule has 0 spiro atoms. The molecule has 2 N–H and O–H groups in total. The summed E-state index contributed by atoms with van der Waals surface area (Å²) in [4.78, 5) is 0. The van der Waals surface area contributed by atoms with Crippen LogP contribution >= 0.6 is 0 Å². The first-order chi connectivity index (χ1) is 9.10. The zero-order valence-electron chi connectivity index (χ0n) is 11.5. The van der Waals surface area contributed by atoms with Gasteiger partial charge in [0.1, 0.15) is 11.5 Å². The Kier molecular flexibility index (Phi) is 3.95. The molecule has 0 radical (unpaired) electrons. The van der Waals surface area contributed by atoms with Crippen LogP contribution in [0.2, 0.25) is 0 Å². The van der Waals surface area contributed by atoms with E-state index in [0.29, 0.717) is 0 Å². The van der Waals surface area contributed by atoms with E-state index in [1.165, 1.54) is 5.56 Å². The van der Waals surface area contributed by atoms with Crippen LogP contribution in [0.5, 0.6) is 11.5 Å². The minimum Gasteiger partial charge on any atom is -0.508 e. The van der Waals surface area contributed by atoms with Crippen LogP contribution in [0.4, 0.5) is 5.69 Å². The summed E-state index contributed by atoms with van der Waals surface area (Å²) >= 11 is 0. The molecule has 100 valence electrons. The predicted octanol–water partition coefficient (Wildman–Crippen LogP) is 3.88. The lowest BCUT2D eigenvalue weighted by Gasteiger charge is -2.18. The fourth-order valence-corrected chi connectivity index (χ4v) is 2.05. The first kappa shape index (κ1) is 13.3. The van der Waals surface area contributed by atoms with Gasteiger partial charge in [0.05, 0.1) is 12.8 Å². The van der Waals surface area contributed by atoms with Gasteiger partial charge in [-0.1, -0.05) is 18.2 Å². The van der Waals surface area contributed by atoms with Crippen LogP contribution in [0.3, 0.4) is 0 Å². The summed E-state index contributed by atoms with van der Waals surface area (Å²) in [5.74, 6) is 1.10. The number of aromatic hydroxyl groups is 1. The smallest absolute Gasteiger partial charge is 0.141 e. The molecule has 2 rings (SSSR count). The van der Waals surface area contributed by atoms with Crippen LogP contribution in [0, 0.1) is 6.92 Å². The van der Waals surface area contributed by atoms with E-state index < -0.39 is 0 Å². The standard InChI is InChI=1S/C16H19NO2/c1-11-7-8-16(19-3)15(9-11)17-12(2)13-5-4-6-14(18)10-13/h4-10,12,17-18H,1-3H3. The number of benzene rings is 2. The molecule has 0 saturated heterocycles. The van der Waals surface area contributed by atoms with Gasteiger partial charge in [0.25, 0.3) is 0 Å². The molecule has 2 aromatic rings.